The lowest BCUT2D eigenvalue weighted by Crippen LogP contribution is -2.29. The van der Waals surface area contributed by atoms with Gasteiger partial charge in [-0.25, -0.2) is 4.98 Å². The fraction of sp³-hybridized carbons (Fsp3) is 0.500. The summed E-state index contributed by atoms with van der Waals surface area (Å²) in [6.07, 6.45) is 1.55. The summed E-state index contributed by atoms with van der Waals surface area (Å²) in [5.41, 5.74) is 5.99. The van der Waals surface area contributed by atoms with E-state index < -0.39 is 0 Å². The van der Waals surface area contributed by atoms with Crippen LogP contribution in [-0.4, -0.2) is 56.2 Å². The molecule has 6 nitrogen and oxygen atoms in total. The standard InChI is InChI=1S/C12H20N4O2/c1-16(2)7-9-18-8-6-15-12(17)10-4-3-5-14-11(10)13/h3-5H,6-9H2,1-2H3,(H2,13,14)(H,15,17). The number of nitrogens with two attached hydrogens (primary N) is 1. The molecule has 3 N–H and O–H groups in total. The van der Waals surface area contributed by atoms with E-state index in [4.69, 9.17) is 10.5 Å². The van der Waals surface area contributed by atoms with Gasteiger partial charge in [0.25, 0.3) is 5.91 Å². The molecule has 0 atom stereocenters. The predicted octanol–water partition coefficient (Wildman–Crippen LogP) is -0.0282. The second kappa shape index (κ2) is 7.62. The summed E-state index contributed by atoms with van der Waals surface area (Å²) >= 11 is 0. The van der Waals surface area contributed by atoms with Crippen molar-refractivity contribution in [2.24, 2.45) is 0 Å². The van der Waals surface area contributed by atoms with Gasteiger partial charge in [-0.05, 0) is 26.2 Å². The lowest BCUT2D eigenvalue weighted by atomic mass is 10.2. The van der Waals surface area contributed by atoms with Crippen LogP contribution in [0.5, 0.6) is 0 Å². The van der Waals surface area contributed by atoms with Crippen molar-refractivity contribution in [1.29, 1.82) is 0 Å². The van der Waals surface area contributed by atoms with E-state index in [0.717, 1.165) is 6.54 Å². The van der Waals surface area contributed by atoms with E-state index >= 15 is 0 Å². The van der Waals surface area contributed by atoms with Gasteiger partial charge in [0.05, 0.1) is 18.8 Å². The molecule has 6 heteroatoms. The van der Waals surface area contributed by atoms with Gasteiger partial charge in [-0.3, -0.25) is 4.79 Å². The Morgan fingerprint density at radius 3 is 2.94 bits per heavy atom. The molecule has 0 unspecified atom stereocenters. The molecule has 0 aliphatic heterocycles. The van der Waals surface area contributed by atoms with Gasteiger partial charge in [0.1, 0.15) is 5.82 Å². The molecular formula is C12H20N4O2. The first kappa shape index (κ1) is 14.4. The smallest absolute Gasteiger partial charge is 0.255 e. The minimum atomic E-state index is -0.225. The normalized spacial score (nSPS) is 10.6. The second-order valence-corrected chi connectivity index (χ2v) is 4.11. The minimum absolute atomic E-state index is 0.225. The SMILES string of the molecule is CN(C)CCOCCNC(=O)c1cccnc1N. The van der Waals surface area contributed by atoms with Crippen molar-refractivity contribution in [2.75, 3.05) is 46.1 Å². The number of likely N-dealkylation sites (N-methyl/N-ethyl adjacent to an activating group) is 1. The highest BCUT2D eigenvalue weighted by molar-refractivity contribution is 5.98. The number of hydrogen-bond donors (Lipinski definition) is 2. The van der Waals surface area contributed by atoms with Crippen LogP contribution in [0.4, 0.5) is 5.82 Å². The van der Waals surface area contributed by atoms with Gasteiger partial charge in [-0.15, -0.1) is 0 Å². The van der Waals surface area contributed by atoms with Crippen molar-refractivity contribution in [1.82, 2.24) is 15.2 Å². The number of carbonyl (C=O) groups excluding carboxylic acids is 1. The van der Waals surface area contributed by atoms with Gasteiger partial charge in [0.15, 0.2) is 0 Å². The zero-order valence-corrected chi connectivity index (χ0v) is 10.8. The molecule has 0 fully saturated rings. The van der Waals surface area contributed by atoms with Crippen molar-refractivity contribution in [3.8, 4) is 0 Å². The fourth-order valence-electron chi connectivity index (χ4n) is 1.29. The van der Waals surface area contributed by atoms with Gasteiger partial charge in [-0.2, -0.15) is 0 Å². The molecule has 18 heavy (non-hydrogen) atoms. The highest BCUT2D eigenvalue weighted by atomic mass is 16.5. The van der Waals surface area contributed by atoms with Crippen LogP contribution in [0, 0.1) is 0 Å². The first-order valence-corrected chi connectivity index (χ1v) is 5.82. The van der Waals surface area contributed by atoms with E-state index in [9.17, 15) is 4.79 Å². The number of nitrogens with zero attached hydrogens (tertiary/aromatic N) is 2. The van der Waals surface area contributed by atoms with Crippen LogP contribution in [0.1, 0.15) is 10.4 Å². The van der Waals surface area contributed by atoms with Gasteiger partial charge in [-0.1, -0.05) is 0 Å². The number of carbonyl (C=O) groups is 1. The number of hydrogen-bond acceptors (Lipinski definition) is 5. The molecule has 0 bridgehead atoms. The Morgan fingerprint density at radius 2 is 2.28 bits per heavy atom. The average molecular weight is 252 g/mol. The minimum Gasteiger partial charge on any atom is -0.383 e. The number of anilines is 1. The number of amides is 1. The van der Waals surface area contributed by atoms with Crippen molar-refractivity contribution in [2.45, 2.75) is 0 Å². The average Bonchev–Trinajstić information content (AvgIpc) is 2.33. The van der Waals surface area contributed by atoms with Gasteiger partial charge < -0.3 is 20.7 Å². The van der Waals surface area contributed by atoms with E-state index in [0.29, 0.717) is 25.3 Å². The number of rotatable bonds is 7. The van der Waals surface area contributed by atoms with Crippen LogP contribution >= 0.6 is 0 Å². The third-order valence-corrected chi connectivity index (χ3v) is 2.30. The molecule has 0 saturated heterocycles. The Morgan fingerprint density at radius 1 is 1.50 bits per heavy atom. The Kier molecular flexibility index (Phi) is 6.10. The lowest BCUT2D eigenvalue weighted by Gasteiger charge is -2.10. The molecule has 1 aromatic rings. The Balaban J connectivity index is 2.20. The molecule has 0 radical (unpaired) electrons. The second-order valence-electron chi connectivity index (χ2n) is 4.11. The summed E-state index contributed by atoms with van der Waals surface area (Å²) in [6.45, 7) is 2.46. The van der Waals surface area contributed by atoms with Crippen molar-refractivity contribution in [3.63, 3.8) is 0 Å². The molecule has 0 aliphatic carbocycles. The van der Waals surface area contributed by atoms with E-state index in [-0.39, 0.29) is 11.7 Å². The first-order chi connectivity index (χ1) is 8.61. The molecule has 0 spiro atoms. The molecule has 1 amide bonds. The topological polar surface area (TPSA) is 80.5 Å². The van der Waals surface area contributed by atoms with E-state index in [1.54, 1.807) is 18.3 Å². The quantitative estimate of drug-likeness (QED) is 0.666. The van der Waals surface area contributed by atoms with Gasteiger partial charge >= 0.3 is 0 Å². The molecule has 1 heterocycles. The number of pyridine rings is 1. The lowest BCUT2D eigenvalue weighted by molar-refractivity contribution is 0.0901. The third kappa shape index (κ3) is 5.11. The molecule has 1 aromatic heterocycles. The van der Waals surface area contributed by atoms with Crippen LogP contribution in [0.25, 0.3) is 0 Å². The van der Waals surface area contributed by atoms with Crippen molar-refractivity contribution in [3.05, 3.63) is 23.9 Å². The molecule has 0 aromatic carbocycles. The maximum atomic E-state index is 11.7. The summed E-state index contributed by atoms with van der Waals surface area (Å²) < 4.78 is 5.36. The molecule has 0 aliphatic rings. The third-order valence-electron chi connectivity index (χ3n) is 2.30. The number of nitrogen functional groups attached to an aromatic ring is 1. The monoisotopic (exact) mass is 252 g/mol. The van der Waals surface area contributed by atoms with Crippen LogP contribution in [0.3, 0.4) is 0 Å². The van der Waals surface area contributed by atoms with Crippen LogP contribution in [0.2, 0.25) is 0 Å². The van der Waals surface area contributed by atoms with Crippen LogP contribution in [0.15, 0.2) is 18.3 Å². The first-order valence-electron chi connectivity index (χ1n) is 5.82. The molecular weight excluding hydrogens is 232 g/mol. The maximum absolute atomic E-state index is 11.7. The zero-order valence-electron chi connectivity index (χ0n) is 10.8. The highest BCUT2D eigenvalue weighted by Crippen LogP contribution is 2.05. The van der Waals surface area contributed by atoms with Crippen LogP contribution < -0.4 is 11.1 Å². The number of ether oxygens (including phenoxy) is 1. The summed E-state index contributed by atoms with van der Waals surface area (Å²) in [5.74, 6) is 0.0142. The predicted molar refractivity (Wildman–Crippen MR) is 70.4 cm³/mol. The highest BCUT2D eigenvalue weighted by Gasteiger charge is 2.08. The molecule has 0 saturated carbocycles. The largest absolute Gasteiger partial charge is 0.383 e. The van der Waals surface area contributed by atoms with E-state index in [1.165, 1.54) is 0 Å². The Labute approximate surface area is 107 Å². The fourth-order valence-corrected chi connectivity index (χ4v) is 1.29. The van der Waals surface area contributed by atoms with E-state index in [1.807, 2.05) is 19.0 Å². The zero-order chi connectivity index (χ0) is 13.4. The summed E-state index contributed by atoms with van der Waals surface area (Å²) in [4.78, 5) is 17.6. The van der Waals surface area contributed by atoms with Gasteiger partial charge in [0, 0.05) is 19.3 Å². The summed E-state index contributed by atoms with van der Waals surface area (Å²) in [5, 5.41) is 2.73. The number of nitrogens with one attached hydrogen (secondary N) is 1. The van der Waals surface area contributed by atoms with Crippen molar-refractivity contribution < 1.29 is 9.53 Å². The molecule has 1 rings (SSSR count). The van der Waals surface area contributed by atoms with E-state index in [2.05, 4.69) is 10.3 Å². The molecule has 100 valence electrons. The summed E-state index contributed by atoms with van der Waals surface area (Å²) in [7, 11) is 3.96. The van der Waals surface area contributed by atoms with Crippen molar-refractivity contribution >= 4 is 11.7 Å². The Hall–Kier alpha value is -1.66. The Bertz CT molecular complexity index is 382. The maximum Gasteiger partial charge on any atom is 0.255 e. The number of aromatic nitrogens is 1. The summed E-state index contributed by atoms with van der Waals surface area (Å²) in [6, 6.07) is 3.32. The van der Waals surface area contributed by atoms with Gasteiger partial charge in [0.2, 0.25) is 0 Å². The van der Waals surface area contributed by atoms with Crippen LogP contribution in [-0.2, 0) is 4.74 Å².